The summed E-state index contributed by atoms with van der Waals surface area (Å²) in [5.41, 5.74) is 0. The lowest BCUT2D eigenvalue weighted by Gasteiger charge is -1.59. The molecule has 0 aliphatic rings. The zero-order chi connectivity index (χ0) is 3.58. The predicted octanol–water partition coefficient (Wildman–Crippen LogP) is -1.35. The number of carboxylic acids is 1. The Labute approximate surface area is 42.5 Å². The van der Waals surface area contributed by atoms with Crippen LogP contribution in [-0.4, -0.2) is 11.1 Å². The Kier molecular flexibility index (Phi) is 86.2. The van der Waals surface area contributed by atoms with Crippen LogP contribution in [0.1, 0.15) is 6.92 Å². The third-order valence-electron chi connectivity index (χ3n) is 0. The molecular formula is C2H4N3O2. The highest BCUT2D eigenvalue weighted by molar-refractivity contribution is 5.62. The molecule has 0 aromatic heterocycles. The highest BCUT2D eigenvalue weighted by atomic mass is 16.4. The van der Waals surface area contributed by atoms with Gasteiger partial charge in [0.15, 0.2) is 0 Å². The van der Waals surface area contributed by atoms with Gasteiger partial charge in [0.05, 0.1) is 0 Å². The number of carboxylic acid groups (broad SMARTS) is 1. The standard InChI is InChI=1S/C2H4O2.3N/c1-2(3)4;;;/h1H3,(H,3,4);;;. The maximum absolute atomic E-state index is 9.00. The molecule has 0 fully saturated rings. The summed E-state index contributed by atoms with van der Waals surface area (Å²) in [6.07, 6.45) is 0. The molecule has 0 saturated carbocycles. The van der Waals surface area contributed by atoms with E-state index in [2.05, 4.69) is 0 Å². The lowest BCUT2D eigenvalue weighted by atomic mass is 10.9. The highest BCUT2D eigenvalue weighted by Crippen LogP contribution is 1.42. The number of hydrogen-bond acceptors (Lipinski definition) is 1. The molecule has 39 valence electrons. The van der Waals surface area contributed by atoms with Crippen LogP contribution in [0.5, 0.6) is 0 Å². The Morgan fingerprint density at radius 2 is 1.29 bits per heavy atom. The predicted molar refractivity (Wildman–Crippen MR) is 19.7 cm³/mol. The minimum Gasteiger partial charge on any atom is -0.481 e. The van der Waals surface area contributed by atoms with E-state index in [0.29, 0.717) is 0 Å². The van der Waals surface area contributed by atoms with Crippen LogP contribution in [0.3, 0.4) is 0 Å². The minimum atomic E-state index is -0.833. The summed E-state index contributed by atoms with van der Waals surface area (Å²) in [5, 5.41) is 7.42. The van der Waals surface area contributed by atoms with Crippen molar-refractivity contribution in [3.05, 3.63) is 0 Å². The monoisotopic (exact) mass is 102 g/mol. The Morgan fingerprint density at radius 3 is 1.29 bits per heavy atom. The number of aliphatic carboxylic acids is 1. The van der Waals surface area contributed by atoms with E-state index in [-0.39, 0.29) is 18.5 Å². The van der Waals surface area contributed by atoms with Gasteiger partial charge in [-0.15, -0.1) is 0 Å². The average molecular weight is 102 g/mol. The molecule has 0 aromatic carbocycles. The Balaban J connectivity index is -0.0000000150. The zero-order valence-corrected chi connectivity index (χ0v) is 3.70. The quantitative estimate of drug-likeness (QED) is 0.405. The molecule has 0 aliphatic heterocycles. The van der Waals surface area contributed by atoms with Gasteiger partial charge < -0.3 is 5.11 Å². The number of rotatable bonds is 0. The summed E-state index contributed by atoms with van der Waals surface area (Å²) in [4.78, 5) is 9.00. The van der Waals surface area contributed by atoms with Crippen molar-refractivity contribution in [1.82, 2.24) is 18.5 Å². The van der Waals surface area contributed by atoms with Crippen LogP contribution in [0.2, 0.25) is 0 Å². The highest BCUT2D eigenvalue weighted by Gasteiger charge is 1.65. The molecule has 0 atom stereocenters. The van der Waals surface area contributed by atoms with Crippen molar-refractivity contribution in [3.8, 4) is 0 Å². The summed E-state index contributed by atoms with van der Waals surface area (Å²) >= 11 is 0. The Hall–Kier alpha value is -0.650. The summed E-state index contributed by atoms with van der Waals surface area (Å²) in [6.45, 7) is 1.08. The van der Waals surface area contributed by atoms with Gasteiger partial charge in [-0.1, -0.05) is 0 Å². The molecule has 5 nitrogen and oxygen atoms in total. The second-order valence-electron chi connectivity index (χ2n) is 0.519. The fourth-order valence-electron chi connectivity index (χ4n) is 0. The summed E-state index contributed by atoms with van der Waals surface area (Å²) < 4.78 is 0. The van der Waals surface area contributed by atoms with Crippen molar-refractivity contribution >= 4 is 5.97 Å². The second kappa shape index (κ2) is 18.3. The van der Waals surface area contributed by atoms with E-state index < -0.39 is 5.97 Å². The molecule has 0 amide bonds. The molecule has 1 N–H and O–H groups in total. The van der Waals surface area contributed by atoms with E-state index in [4.69, 9.17) is 9.90 Å². The first-order chi connectivity index (χ1) is 1.73. The van der Waals surface area contributed by atoms with Crippen molar-refractivity contribution in [3.63, 3.8) is 0 Å². The fraction of sp³-hybridized carbons (Fsp3) is 0.500. The van der Waals surface area contributed by atoms with Crippen LogP contribution < -0.4 is 18.5 Å². The molecule has 0 heterocycles. The zero-order valence-electron chi connectivity index (χ0n) is 3.70. The van der Waals surface area contributed by atoms with Crippen LogP contribution >= 0.6 is 0 Å². The molecular weight excluding hydrogens is 98.0 g/mol. The first kappa shape index (κ1) is 32.9. The van der Waals surface area contributed by atoms with Crippen molar-refractivity contribution < 1.29 is 9.90 Å². The third kappa shape index (κ3) is 142. The van der Waals surface area contributed by atoms with E-state index >= 15 is 0 Å². The minimum absolute atomic E-state index is 0. The summed E-state index contributed by atoms with van der Waals surface area (Å²) in [5.74, 6) is -0.833. The van der Waals surface area contributed by atoms with Gasteiger partial charge in [0.2, 0.25) is 0 Å². The van der Waals surface area contributed by atoms with Crippen molar-refractivity contribution in [2.75, 3.05) is 0 Å². The molecule has 9 radical (unpaired) electrons. The molecule has 0 rings (SSSR count). The maximum atomic E-state index is 9.00. The Bertz CT molecular complexity index is 33.9. The van der Waals surface area contributed by atoms with Crippen LogP contribution in [0.25, 0.3) is 0 Å². The van der Waals surface area contributed by atoms with Crippen LogP contribution in [0.15, 0.2) is 0 Å². The number of nitrogens with zero attached hydrogens (tertiary/aromatic N) is 3. The van der Waals surface area contributed by atoms with Gasteiger partial charge in [-0.25, -0.2) is 0 Å². The molecule has 7 heavy (non-hydrogen) atoms. The SMILES string of the molecule is CC(=O)O.[N].[N].[N]. The largest absolute Gasteiger partial charge is 0.481 e. The van der Waals surface area contributed by atoms with Crippen molar-refractivity contribution in [1.29, 1.82) is 0 Å². The van der Waals surface area contributed by atoms with Crippen LogP contribution in [0.4, 0.5) is 0 Å². The van der Waals surface area contributed by atoms with Crippen molar-refractivity contribution in [2.24, 2.45) is 0 Å². The smallest absolute Gasteiger partial charge is 0.300 e. The topological polar surface area (TPSA) is 129 Å². The second-order valence-corrected chi connectivity index (χ2v) is 0.519. The summed E-state index contributed by atoms with van der Waals surface area (Å²) in [6, 6.07) is 0. The lowest BCUT2D eigenvalue weighted by molar-refractivity contribution is -0.134. The maximum Gasteiger partial charge on any atom is 0.300 e. The molecule has 5 heteroatoms. The van der Waals surface area contributed by atoms with Crippen LogP contribution in [-0.2, 0) is 4.79 Å². The van der Waals surface area contributed by atoms with E-state index in [9.17, 15) is 0 Å². The van der Waals surface area contributed by atoms with Crippen LogP contribution in [0, 0.1) is 0 Å². The first-order valence-corrected chi connectivity index (χ1v) is 0.928. The average Bonchev–Trinajstić information content (AvgIpc) is 0.811. The number of hydrogen-bond donors (Lipinski definition) is 1. The normalized spacial score (nSPS) is 3.57. The van der Waals surface area contributed by atoms with E-state index in [1.807, 2.05) is 0 Å². The molecule has 0 aromatic rings. The van der Waals surface area contributed by atoms with Crippen molar-refractivity contribution in [2.45, 2.75) is 6.92 Å². The lowest BCUT2D eigenvalue weighted by Crippen LogP contribution is -1.78. The van der Waals surface area contributed by atoms with Gasteiger partial charge in [0.25, 0.3) is 5.97 Å². The number of carbonyl (C=O) groups is 1. The molecule has 0 unspecified atom stereocenters. The fourth-order valence-corrected chi connectivity index (χ4v) is 0. The van der Waals surface area contributed by atoms with Gasteiger partial charge in [-0.3, -0.25) is 4.79 Å². The van der Waals surface area contributed by atoms with Gasteiger partial charge in [-0.05, 0) is 0 Å². The first-order valence-electron chi connectivity index (χ1n) is 0.928. The van der Waals surface area contributed by atoms with Gasteiger partial charge in [-0.2, -0.15) is 0 Å². The van der Waals surface area contributed by atoms with E-state index in [1.165, 1.54) is 0 Å². The van der Waals surface area contributed by atoms with Gasteiger partial charge >= 0.3 is 0 Å². The van der Waals surface area contributed by atoms with E-state index in [0.717, 1.165) is 6.92 Å². The molecule has 0 spiro atoms. The van der Waals surface area contributed by atoms with E-state index in [1.54, 1.807) is 0 Å². The molecule has 0 saturated heterocycles. The Morgan fingerprint density at radius 1 is 1.29 bits per heavy atom. The molecule has 0 aliphatic carbocycles. The van der Waals surface area contributed by atoms with Gasteiger partial charge in [0.1, 0.15) is 0 Å². The third-order valence-corrected chi connectivity index (χ3v) is 0. The molecule has 0 bridgehead atoms. The van der Waals surface area contributed by atoms with Gasteiger partial charge in [0, 0.05) is 25.4 Å². The summed E-state index contributed by atoms with van der Waals surface area (Å²) in [7, 11) is 0.